The number of amides is 1. The standard InChI is InChI=1S/C13H14N2O2/c1-7-5-4-6-9-10(7)11(8(2)15(9)3)12(16)13(14)17/h4-6H,1-3H3,(H2,14,17). The Hall–Kier alpha value is -2.10. The van der Waals surface area contributed by atoms with Crippen molar-refractivity contribution in [2.24, 2.45) is 12.8 Å². The molecule has 2 N–H and O–H groups in total. The summed E-state index contributed by atoms with van der Waals surface area (Å²) in [5.41, 5.74) is 8.18. The third kappa shape index (κ3) is 1.53. The molecule has 0 aliphatic carbocycles. The van der Waals surface area contributed by atoms with Gasteiger partial charge < -0.3 is 10.3 Å². The van der Waals surface area contributed by atoms with E-state index in [4.69, 9.17) is 5.73 Å². The molecule has 1 heterocycles. The number of hydrogen-bond acceptors (Lipinski definition) is 2. The molecule has 0 aliphatic heterocycles. The molecule has 1 amide bonds. The molecule has 0 unspecified atom stereocenters. The molecular formula is C13H14N2O2. The Morgan fingerprint density at radius 1 is 1.24 bits per heavy atom. The molecule has 88 valence electrons. The van der Waals surface area contributed by atoms with Crippen LogP contribution in [0.4, 0.5) is 0 Å². The molecule has 17 heavy (non-hydrogen) atoms. The maximum absolute atomic E-state index is 11.9. The lowest BCUT2D eigenvalue weighted by Crippen LogP contribution is -2.23. The maximum atomic E-state index is 11.9. The van der Waals surface area contributed by atoms with Gasteiger partial charge in [-0.15, -0.1) is 0 Å². The highest BCUT2D eigenvalue weighted by molar-refractivity contribution is 6.45. The summed E-state index contributed by atoms with van der Waals surface area (Å²) >= 11 is 0. The summed E-state index contributed by atoms with van der Waals surface area (Å²) in [5.74, 6) is -1.54. The van der Waals surface area contributed by atoms with Gasteiger partial charge in [0.1, 0.15) is 0 Å². The number of ketones is 1. The van der Waals surface area contributed by atoms with E-state index in [-0.39, 0.29) is 0 Å². The zero-order valence-electron chi connectivity index (χ0n) is 10.1. The van der Waals surface area contributed by atoms with Crippen molar-refractivity contribution in [1.82, 2.24) is 4.57 Å². The first kappa shape index (κ1) is 11.4. The van der Waals surface area contributed by atoms with Crippen LogP contribution in [0.2, 0.25) is 0 Å². The van der Waals surface area contributed by atoms with Crippen LogP contribution in [-0.2, 0) is 11.8 Å². The zero-order chi connectivity index (χ0) is 12.7. The second-order valence-corrected chi connectivity index (χ2v) is 4.18. The SMILES string of the molecule is Cc1cccc2c1c(C(=O)C(N)=O)c(C)n2C. The van der Waals surface area contributed by atoms with Crippen LogP contribution in [-0.4, -0.2) is 16.3 Å². The van der Waals surface area contributed by atoms with Gasteiger partial charge in [0, 0.05) is 23.6 Å². The lowest BCUT2D eigenvalue weighted by Gasteiger charge is -1.99. The molecule has 0 bridgehead atoms. The molecule has 0 atom stereocenters. The number of carbonyl (C=O) groups is 2. The van der Waals surface area contributed by atoms with E-state index in [1.165, 1.54) is 0 Å². The van der Waals surface area contributed by atoms with E-state index in [1.54, 1.807) is 0 Å². The van der Waals surface area contributed by atoms with Gasteiger partial charge in [-0.05, 0) is 25.5 Å². The van der Waals surface area contributed by atoms with E-state index in [0.29, 0.717) is 5.56 Å². The Kier molecular flexibility index (Phi) is 2.50. The zero-order valence-corrected chi connectivity index (χ0v) is 10.1. The van der Waals surface area contributed by atoms with Crippen molar-refractivity contribution in [2.75, 3.05) is 0 Å². The fraction of sp³-hybridized carbons (Fsp3) is 0.231. The van der Waals surface area contributed by atoms with Crippen LogP contribution in [0.1, 0.15) is 21.6 Å². The first-order valence-electron chi connectivity index (χ1n) is 5.34. The summed E-state index contributed by atoms with van der Waals surface area (Å²) in [6.07, 6.45) is 0. The van der Waals surface area contributed by atoms with E-state index < -0.39 is 11.7 Å². The normalized spacial score (nSPS) is 10.8. The van der Waals surface area contributed by atoms with Crippen molar-refractivity contribution in [1.29, 1.82) is 0 Å². The smallest absolute Gasteiger partial charge is 0.289 e. The number of Topliss-reactive ketones (excluding diaryl/α,β-unsaturated/α-hetero) is 1. The van der Waals surface area contributed by atoms with Crippen molar-refractivity contribution >= 4 is 22.6 Å². The second kappa shape index (κ2) is 3.73. The first-order chi connectivity index (χ1) is 7.95. The van der Waals surface area contributed by atoms with Crippen molar-refractivity contribution < 1.29 is 9.59 Å². The van der Waals surface area contributed by atoms with E-state index >= 15 is 0 Å². The quantitative estimate of drug-likeness (QED) is 0.627. The number of primary amides is 1. The predicted octanol–water partition coefficient (Wildman–Crippen LogP) is 1.46. The van der Waals surface area contributed by atoms with Gasteiger partial charge in [0.05, 0.1) is 5.56 Å². The molecular weight excluding hydrogens is 216 g/mol. The molecule has 0 spiro atoms. The number of rotatable bonds is 2. The van der Waals surface area contributed by atoms with Crippen LogP contribution in [0.3, 0.4) is 0 Å². The maximum Gasteiger partial charge on any atom is 0.289 e. The summed E-state index contributed by atoms with van der Waals surface area (Å²) in [7, 11) is 1.87. The number of nitrogens with zero attached hydrogens (tertiary/aromatic N) is 1. The van der Waals surface area contributed by atoms with Gasteiger partial charge >= 0.3 is 0 Å². The predicted molar refractivity (Wildman–Crippen MR) is 65.9 cm³/mol. The van der Waals surface area contributed by atoms with Crippen LogP contribution in [0.25, 0.3) is 10.9 Å². The van der Waals surface area contributed by atoms with Gasteiger partial charge in [-0.1, -0.05) is 12.1 Å². The van der Waals surface area contributed by atoms with E-state index in [1.807, 2.05) is 43.7 Å². The summed E-state index contributed by atoms with van der Waals surface area (Å²) in [4.78, 5) is 22.9. The minimum absolute atomic E-state index is 0.424. The average molecular weight is 230 g/mol. The Balaban J connectivity index is 2.92. The number of aromatic nitrogens is 1. The minimum atomic E-state index is -0.913. The molecule has 0 aliphatic rings. The second-order valence-electron chi connectivity index (χ2n) is 4.18. The minimum Gasteiger partial charge on any atom is -0.363 e. The first-order valence-corrected chi connectivity index (χ1v) is 5.34. The number of nitrogens with two attached hydrogens (primary N) is 1. The van der Waals surface area contributed by atoms with Gasteiger partial charge in [0.2, 0.25) is 0 Å². The molecule has 4 nitrogen and oxygen atoms in total. The Morgan fingerprint density at radius 3 is 2.47 bits per heavy atom. The van der Waals surface area contributed by atoms with Crippen LogP contribution in [0.5, 0.6) is 0 Å². The van der Waals surface area contributed by atoms with Gasteiger partial charge in [0.15, 0.2) is 0 Å². The topological polar surface area (TPSA) is 65.1 Å². The highest BCUT2D eigenvalue weighted by Crippen LogP contribution is 2.28. The van der Waals surface area contributed by atoms with Crippen molar-refractivity contribution in [3.05, 3.63) is 35.0 Å². The van der Waals surface area contributed by atoms with E-state index in [9.17, 15) is 9.59 Å². The van der Waals surface area contributed by atoms with Gasteiger partial charge in [0.25, 0.3) is 11.7 Å². The summed E-state index contributed by atoms with van der Waals surface area (Å²) in [6.45, 7) is 3.73. The third-order valence-electron chi connectivity index (χ3n) is 3.18. The molecule has 1 aromatic carbocycles. The average Bonchev–Trinajstić information content (AvgIpc) is 2.53. The fourth-order valence-electron chi connectivity index (χ4n) is 2.19. The fourth-order valence-corrected chi connectivity index (χ4v) is 2.19. The van der Waals surface area contributed by atoms with Crippen LogP contribution in [0, 0.1) is 13.8 Å². The van der Waals surface area contributed by atoms with Gasteiger partial charge in [-0.2, -0.15) is 0 Å². The number of carbonyl (C=O) groups excluding carboxylic acids is 2. The molecule has 1 aromatic heterocycles. The number of aryl methyl sites for hydroxylation is 2. The van der Waals surface area contributed by atoms with Crippen molar-refractivity contribution in [3.63, 3.8) is 0 Å². The highest BCUT2D eigenvalue weighted by Gasteiger charge is 2.22. The van der Waals surface area contributed by atoms with E-state index in [2.05, 4.69) is 0 Å². The van der Waals surface area contributed by atoms with Gasteiger partial charge in [-0.25, -0.2) is 0 Å². The largest absolute Gasteiger partial charge is 0.363 e. The lowest BCUT2D eigenvalue weighted by molar-refractivity contribution is -0.114. The van der Waals surface area contributed by atoms with Gasteiger partial charge in [-0.3, -0.25) is 9.59 Å². The molecule has 0 fully saturated rings. The summed E-state index contributed by atoms with van der Waals surface area (Å²) in [5, 5.41) is 0.816. The van der Waals surface area contributed by atoms with Crippen LogP contribution in [0.15, 0.2) is 18.2 Å². The monoisotopic (exact) mass is 230 g/mol. The molecule has 0 saturated heterocycles. The van der Waals surface area contributed by atoms with Crippen molar-refractivity contribution in [3.8, 4) is 0 Å². The summed E-state index contributed by atoms with van der Waals surface area (Å²) in [6, 6.07) is 5.77. The van der Waals surface area contributed by atoms with Crippen LogP contribution >= 0.6 is 0 Å². The Morgan fingerprint density at radius 2 is 1.88 bits per heavy atom. The Bertz CT molecular complexity index is 638. The van der Waals surface area contributed by atoms with Crippen molar-refractivity contribution in [2.45, 2.75) is 13.8 Å². The molecule has 2 rings (SSSR count). The van der Waals surface area contributed by atoms with E-state index in [0.717, 1.165) is 22.2 Å². The number of hydrogen-bond donors (Lipinski definition) is 1. The lowest BCUT2D eigenvalue weighted by atomic mass is 10.0. The highest BCUT2D eigenvalue weighted by atomic mass is 16.2. The van der Waals surface area contributed by atoms with Crippen LogP contribution < -0.4 is 5.73 Å². The Labute approximate surface area is 99.0 Å². The number of benzene rings is 1. The third-order valence-corrected chi connectivity index (χ3v) is 3.18. The summed E-state index contributed by atoms with van der Waals surface area (Å²) < 4.78 is 1.90. The molecule has 2 aromatic rings. The molecule has 4 heteroatoms. The molecule has 0 radical (unpaired) electrons. The molecule has 0 saturated carbocycles. The number of fused-ring (bicyclic) bond motifs is 1.